The number of hydrogen-bond acceptors (Lipinski definition) is 7. The Labute approximate surface area is 152 Å². The molecule has 3 aromatic rings. The molecule has 0 spiro atoms. The quantitative estimate of drug-likeness (QED) is 0.622. The number of ether oxygens (including phenoxy) is 3. The number of alkyl halides is 2. The van der Waals surface area contributed by atoms with Gasteiger partial charge in [-0.15, -0.1) is 0 Å². The first-order chi connectivity index (χ1) is 13.1. The van der Waals surface area contributed by atoms with Gasteiger partial charge in [0, 0.05) is 5.56 Å². The van der Waals surface area contributed by atoms with Crippen molar-refractivity contribution in [1.29, 1.82) is 5.26 Å². The van der Waals surface area contributed by atoms with Crippen LogP contribution in [0.5, 0.6) is 17.2 Å². The van der Waals surface area contributed by atoms with Crippen molar-refractivity contribution in [3.8, 4) is 34.7 Å². The maximum absolute atomic E-state index is 12.4. The molecule has 138 valence electrons. The van der Waals surface area contributed by atoms with Crippen molar-refractivity contribution in [2.75, 3.05) is 7.11 Å². The summed E-state index contributed by atoms with van der Waals surface area (Å²) in [6.07, 6.45) is 0. The smallest absolute Gasteiger partial charge is 0.387 e. The van der Waals surface area contributed by atoms with Crippen molar-refractivity contribution in [3.63, 3.8) is 0 Å². The van der Waals surface area contributed by atoms with Gasteiger partial charge in [0.2, 0.25) is 5.82 Å². The highest BCUT2D eigenvalue weighted by molar-refractivity contribution is 5.60. The van der Waals surface area contributed by atoms with Gasteiger partial charge in [0.15, 0.2) is 18.1 Å². The fourth-order valence-corrected chi connectivity index (χ4v) is 2.20. The third-order valence-corrected chi connectivity index (χ3v) is 3.45. The van der Waals surface area contributed by atoms with Crippen LogP contribution in [-0.4, -0.2) is 23.9 Å². The molecule has 3 rings (SSSR count). The van der Waals surface area contributed by atoms with Crippen LogP contribution in [0.25, 0.3) is 11.4 Å². The molecule has 9 heteroatoms. The Hall–Kier alpha value is -3.67. The first-order valence-electron chi connectivity index (χ1n) is 7.68. The Kier molecular flexibility index (Phi) is 5.47. The van der Waals surface area contributed by atoms with Crippen molar-refractivity contribution in [2.24, 2.45) is 0 Å². The summed E-state index contributed by atoms with van der Waals surface area (Å²) in [4.78, 5) is 4.20. The lowest BCUT2D eigenvalue weighted by Gasteiger charge is -2.10. The lowest BCUT2D eigenvalue weighted by molar-refractivity contribution is -0.0512. The van der Waals surface area contributed by atoms with Crippen LogP contribution in [0.3, 0.4) is 0 Å². The van der Waals surface area contributed by atoms with Crippen LogP contribution >= 0.6 is 0 Å². The number of methoxy groups -OCH3 is 1. The number of nitriles is 1. The summed E-state index contributed by atoms with van der Waals surface area (Å²) in [7, 11) is 1.34. The average Bonchev–Trinajstić information content (AvgIpc) is 3.15. The van der Waals surface area contributed by atoms with E-state index in [0.29, 0.717) is 16.9 Å². The largest absolute Gasteiger partial charge is 0.493 e. The van der Waals surface area contributed by atoms with Crippen molar-refractivity contribution in [3.05, 3.63) is 53.9 Å². The van der Waals surface area contributed by atoms with E-state index in [1.165, 1.54) is 25.3 Å². The number of nitrogens with zero attached hydrogens (tertiary/aromatic N) is 3. The Morgan fingerprint density at radius 2 is 1.93 bits per heavy atom. The summed E-state index contributed by atoms with van der Waals surface area (Å²) >= 11 is 0. The van der Waals surface area contributed by atoms with Gasteiger partial charge in [0.25, 0.3) is 5.89 Å². The second-order valence-electron chi connectivity index (χ2n) is 5.18. The van der Waals surface area contributed by atoms with Crippen LogP contribution in [-0.2, 0) is 6.61 Å². The predicted octanol–water partition coefficient (Wildman–Crippen LogP) is 3.80. The molecule has 1 heterocycles. The maximum Gasteiger partial charge on any atom is 0.387 e. The second-order valence-corrected chi connectivity index (χ2v) is 5.18. The maximum atomic E-state index is 12.4. The average molecular weight is 373 g/mol. The number of aromatic nitrogens is 2. The van der Waals surface area contributed by atoms with Crippen LogP contribution in [0.15, 0.2) is 47.0 Å². The Morgan fingerprint density at radius 1 is 1.15 bits per heavy atom. The number of halogens is 2. The Morgan fingerprint density at radius 3 is 2.59 bits per heavy atom. The van der Waals surface area contributed by atoms with Crippen LogP contribution < -0.4 is 14.2 Å². The number of rotatable bonds is 7. The summed E-state index contributed by atoms with van der Waals surface area (Å²) in [5, 5.41) is 12.6. The van der Waals surface area contributed by atoms with E-state index in [9.17, 15) is 8.78 Å². The molecule has 0 N–H and O–H groups in total. The minimum absolute atomic E-state index is 0.0304. The summed E-state index contributed by atoms with van der Waals surface area (Å²) in [6.45, 7) is -2.93. The number of hydrogen-bond donors (Lipinski definition) is 0. The van der Waals surface area contributed by atoms with Gasteiger partial charge in [-0.3, -0.25) is 0 Å². The Bertz CT molecular complexity index is 952. The lowest BCUT2D eigenvalue weighted by atomic mass is 10.2. The molecule has 0 unspecified atom stereocenters. The molecule has 0 saturated carbocycles. The van der Waals surface area contributed by atoms with Crippen LogP contribution in [0.4, 0.5) is 8.78 Å². The van der Waals surface area contributed by atoms with E-state index in [2.05, 4.69) is 14.9 Å². The fourth-order valence-electron chi connectivity index (χ4n) is 2.20. The van der Waals surface area contributed by atoms with Gasteiger partial charge in [-0.05, 0) is 42.5 Å². The minimum atomic E-state index is -2.96. The van der Waals surface area contributed by atoms with E-state index in [-0.39, 0.29) is 29.8 Å². The molecule has 2 aromatic carbocycles. The molecule has 7 nitrogen and oxygen atoms in total. The topological polar surface area (TPSA) is 90.4 Å². The van der Waals surface area contributed by atoms with Crippen LogP contribution in [0, 0.1) is 11.3 Å². The SMILES string of the molecule is COc1cc(-c2noc(COc3ccc(C#N)cc3)n2)ccc1OC(F)F. The summed E-state index contributed by atoms with van der Waals surface area (Å²) < 4.78 is 44.8. The predicted molar refractivity (Wildman–Crippen MR) is 88.4 cm³/mol. The summed E-state index contributed by atoms with van der Waals surface area (Å²) in [5.74, 6) is 1.04. The summed E-state index contributed by atoms with van der Waals surface area (Å²) in [5.41, 5.74) is 1.03. The highest BCUT2D eigenvalue weighted by Crippen LogP contribution is 2.32. The first-order valence-corrected chi connectivity index (χ1v) is 7.68. The fraction of sp³-hybridized carbons (Fsp3) is 0.167. The van der Waals surface area contributed by atoms with Gasteiger partial charge in [-0.2, -0.15) is 19.0 Å². The van der Waals surface area contributed by atoms with Crippen molar-refractivity contribution < 1.29 is 27.5 Å². The van der Waals surface area contributed by atoms with E-state index in [0.717, 1.165) is 0 Å². The first kappa shape index (κ1) is 18.1. The zero-order chi connectivity index (χ0) is 19.2. The van der Waals surface area contributed by atoms with Gasteiger partial charge in [-0.1, -0.05) is 5.16 Å². The van der Waals surface area contributed by atoms with E-state index < -0.39 is 6.61 Å². The zero-order valence-corrected chi connectivity index (χ0v) is 14.1. The molecule has 0 aliphatic heterocycles. The third-order valence-electron chi connectivity index (χ3n) is 3.45. The second kappa shape index (κ2) is 8.14. The van der Waals surface area contributed by atoms with E-state index in [1.807, 2.05) is 6.07 Å². The molecule has 0 saturated heterocycles. The molecule has 0 aliphatic carbocycles. The van der Waals surface area contributed by atoms with E-state index in [1.54, 1.807) is 24.3 Å². The van der Waals surface area contributed by atoms with Crippen LogP contribution in [0.2, 0.25) is 0 Å². The van der Waals surface area contributed by atoms with Gasteiger partial charge in [0.05, 0.1) is 18.7 Å². The molecule has 0 amide bonds. The normalized spacial score (nSPS) is 10.5. The van der Waals surface area contributed by atoms with Gasteiger partial charge < -0.3 is 18.7 Å². The van der Waals surface area contributed by atoms with Crippen molar-refractivity contribution >= 4 is 0 Å². The molecule has 0 radical (unpaired) electrons. The van der Waals surface area contributed by atoms with E-state index in [4.69, 9.17) is 19.3 Å². The summed E-state index contributed by atoms with van der Waals surface area (Å²) in [6, 6.07) is 12.9. The molecule has 27 heavy (non-hydrogen) atoms. The third kappa shape index (κ3) is 4.49. The molecule has 0 fully saturated rings. The van der Waals surface area contributed by atoms with Crippen molar-refractivity contribution in [2.45, 2.75) is 13.2 Å². The van der Waals surface area contributed by atoms with Gasteiger partial charge >= 0.3 is 6.61 Å². The van der Waals surface area contributed by atoms with Crippen LogP contribution in [0.1, 0.15) is 11.5 Å². The molecule has 1 aromatic heterocycles. The lowest BCUT2D eigenvalue weighted by Crippen LogP contribution is -2.03. The molecule has 0 aliphatic rings. The highest BCUT2D eigenvalue weighted by atomic mass is 19.3. The van der Waals surface area contributed by atoms with Gasteiger partial charge in [0.1, 0.15) is 5.75 Å². The molecular formula is C18H13F2N3O4. The Balaban J connectivity index is 1.70. The molecular weight excluding hydrogens is 360 g/mol. The van der Waals surface area contributed by atoms with Crippen molar-refractivity contribution in [1.82, 2.24) is 10.1 Å². The van der Waals surface area contributed by atoms with Gasteiger partial charge in [-0.25, -0.2) is 0 Å². The standard InChI is InChI=1S/C18H13F2N3O4/c1-24-15-8-12(4-7-14(15)26-18(19)20)17-22-16(27-23-17)10-25-13-5-2-11(9-21)3-6-13/h2-8,18H,10H2,1H3. The molecule has 0 atom stereocenters. The molecule has 0 bridgehead atoms. The monoisotopic (exact) mass is 373 g/mol. The van der Waals surface area contributed by atoms with E-state index >= 15 is 0 Å². The minimum Gasteiger partial charge on any atom is -0.493 e. The zero-order valence-electron chi connectivity index (χ0n) is 14.1. The number of benzene rings is 2. The highest BCUT2D eigenvalue weighted by Gasteiger charge is 2.15.